The van der Waals surface area contributed by atoms with Crippen LogP contribution in [0, 0.1) is 0 Å². The van der Waals surface area contributed by atoms with Crippen molar-refractivity contribution in [2.75, 3.05) is 31.2 Å². The second kappa shape index (κ2) is 7.48. The molecule has 1 fully saturated rings. The van der Waals surface area contributed by atoms with Gasteiger partial charge in [-0.15, -0.1) is 10.2 Å². The largest absolute Gasteiger partial charge is 0.465 e. The van der Waals surface area contributed by atoms with Crippen LogP contribution in [-0.2, 0) is 14.3 Å². The normalized spacial score (nSPS) is 15.8. The van der Waals surface area contributed by atoms with E-state index in [1.165, 1.54) is 11.8 Å². The van der Waals surface area contributed by atoms with Crippen molar-refractivity contribution in [1.82, 2.24) is 19.7 Å². The Balaban J connectivity index is 2.07. The minimum absolute atomic E-state index is 0.00184. The molecule has 1 saturated heterocycles. The predicted octanol–water partition coefficient (Wildman–Crippen LogP) is 0.699. The molecule has 1 unspecified atom stereocenters. The monoisotopic (exact) mass is 327 g/mol. The summed E-state index contributed by atoms with van der Waals surface area (Å²) < 4.78 is 6.45. The van der Waals surface area contributed by atoms with Crippen LogP contribution in [0.25, 0.3) is 0 Å². The Hall–Kier alpha value is -1.77. The molecule has 1 amide bonds. The van der Waals surface area contributed by atoms with Crippen LogP contribution in [-0.4, -0.2) is 57.0 Å². The van der Waals surface area contributed by atoms with E-state index in [4.69, 9.17) is 10.5 Å². The lowest BCUT2D eigenvalue weighted by Gasteiger charge is -2.22. The Morgan fingerprint density at radius 3 is 2.68 bits per heavy atom. The van der Waals surface area contributed by atoms with Crippen LogP contribution in [0.2, 0.25) is 0 Å². The number of likely N-dealkylation sites (tertiary alicyclic amines) is 1. The van der Waals surface area contributed by atoms with E-state index in [1.807, 2.05) is 4.90 Å². The maximum atomic E-state index is 12.5. The van der Waals surface area contributed by atoms with E-state index in [0.29, 0.717) is 11.8 Å². The summed E-state index contributed by atoms with van der Waals surface area (Å²) in [5.74, 6) is -0.0520. The molecule has 0 radical (unpaired) electrons. The maximum absolute atomic E-state index is 12.5. The molecule has 1 atom stereocenters. The summed E-state index contributed by atoms with van der Waals surface area (Å²) in [5.41, 5.74) is 5.83. The molecular formula is C13H21N5O3S. The fourth-order valence-electron chi connectivity index (χ4n) is 2.39. The Labute approximate surface area is 133 Å². The topological polar surface area (TPSA) is 103 Å². The number of rotatable bonds is 6. The first-order valence-electron chi connectivity index (χ1n) is 7.32. The average Bonchev–Trinajstić information content (AvgIpc) is 3.13. The molecule has 0 bridgehead atoms. The minimum atomic E-state index is -0.488. The number of nitrogens with zero attached hydrogens (tertiary/aromatic N) is 4. The zero-order valence-electron chi connectivity index (χ0n) is 12.8. The smallest absolute Gasteiger partial charge is 0.316 e. The van der Waals surface area contributed by atoms with E-state index < -0.39 is 6.04 Å². The molecule has 122 valence electrons. The van der Waals surface area contributed by atoms with Gasteiger partial charge in [0.1, 0.15) is 6.04 Å². The van der Waals surface area contributed by atoms with Gasteiger partial charge in [-0.05, 0) is 26.7 Å². The number of nitrogen functional groups attached to an aromatic ring is 1. The number of esters is 1. The highest BCUT2D eigenvalue weighted by Crippen LogP contribution is 2.25. The Kier molecular flexibility index (Phi) is 5.64. The van der Waals surface area contributed by atoms with Gasteiger partial charge in [0.2, 0.25) is 11.9 Å². The Morgan fingerprint density at radius 2 is 2.05 bits per heavy atom. The molecule has 8 nitrogen and oxygen atoms in total. The van der Waals surface area contributed by atoms with Crippen molar-refractivity contribution in [1.29, 1.82) is 0 Å². The zero-order valence-corrected chi connectivity index (χ0v) is 13.6. The number of ether oxygens (including phenoxy) is 1. The number of aromatic nitrogens is 3. The minimum Gasteiger partial charge on any atom is -0.465 e. The van der Waals surface area contributed by atoms with Crippen LogP contribution in [0.3, 0.4) is 0 Å². The molecule has 22 heavy (non-hydrogen) atoms. The number of thioether (sulfide) groups is 1. The van der Waals surface area contributed by atoms with Gasteiger partial charge in [0, 0.05) is 13.1 Å². The van der Waals surface area contributed by atoms with Crippen molar-refractivity contribution in [2.24, 2.45) is 0 Å². The third-order valence-corrected chi connectivity index (χ3v) is 4.39. The molecule has 2 heterocycles. The zero-order chi connectivity index (χ0) is 16.1. The van der Waals surface area contributed by atoms with Gasteiger partial charge < -0.3 is 15.4 Å². The van der Waals surface area contributed by atoms with Crippen LogP contribution in [0.4, 0.5) is 5.95 Å². The number of hydrogen-bond acceptors (Lipinski definition) is 7. The van der Waals surface area contributed by atoms with E-state index >= 15 is 0 Å². The lowest BCUT2D eigenvalue weighted by atomic mass is 10.3. The first-order valence-corrected chi connectivity index (χ1v) is 8.30. The number of amides is 1. The molecular weight excluding hydrogens is 306 g/mol. The van der Waals surface area contributed by atoms with Crippen LogP contribution < -0.4 is 5.73 Å². The quantitative estimate of drug-likeness (QED) is 0.606. The summed E-state index contributed by atoms with van der Waals surface area (Å²) in [5, 5.41) is 8.22. The molecule has 0 saturated carbocycles. The summed E-state index contributed by atoms with van der Waals surface area (Å²) in [4.78, 5) is 25.7. The molecule has 0 aromatic carbocycles. The lowest BCUT2D eigenvalue weighted by Crippen LogP contribution is -2.34. The van der Waals surface area contributed by atoms with Gasteiger partial charge in [0.05, 0.1) is 12.4 Å². The maximum Gasteiger partial charge on any atom is 0.316 e. The van der Waals surface area contributed by atoms with Crippen LogP contribution in [0.5, 0.6) is 0 Å². The van der Waals surface area contributed by atoms with Gasteiger partial charge in [-0.3, -0.25) is 14.2 Å². The van der Waals surface area contributed by atoms with E-state index in [2.05, 4.69) is 10.2 Å². The van der Waals surface area contributed by atoms with Gasteiger partial charge in [0.15, 0.2) is 5.16 Å². The van der Waals surface area contributed by atoms with Crippen LogP contribution in [0.1, 0.15) is 32.7 Å². The molecule has 2 N–H and O–H groups in total. The van der Waals surface area contributed by atoms with Gasteiger partial charge in [-0.25, -0.2) is 0 Å². The van der Waals surface area contributed by atoms with E-state index in [9.17, 15) is 9.59 Å². The average molecular weight is 327 g/mol. The number of anilines is 1. The standard InChI is InChI=1S/C13H21N5O3S/c1-3-21-10(19)8-22-13-16-15-12(14)18(13)9(2)11(20)17-6-4-5-7-17/h9H,3-8H2,1-2H3,(H2,14,15). The summed E-state index contributed by atoms with van der Waals surface area (Å²) in [6.07, 6.45) is 2.06. The highest BCUT2D eigenvalue weighted by atomic mass is 32.2. The molecule has 9 heteroatoms. The number of carbonyl (C=O) groups excluding carboxylic acids is 2. The van der Waals surface area contributed by atoms with Gasteiger partial charge in [-0.2, -0.15) is 0 Å². The first-order chi connectivity index (χ1) is 10.5. The molecule has 1 aromatic heterocycles. The molecule has 1 aliphatic rings. The summed E-state index contributed by atoms with van der Waals surface area (Å²) >= 11 is 1.17. The van der Waals surface area contributed by atoms with Crippen molar-refractivity contribution < 1.29 is 14.3 Å². The summed E-state index contributed by atoms with van der Waals surface area (Å²) in [6, 6.07) is -0.488. The fourth-order valence-corrected chi connectivity index (χ4v) is 3.21. The molecule has 0 spiro atoms. The van der Waals surface area contributed by atoms with Gasteiger partial charge >= 0.3 is 5.97 Å². The number of hydrogen-bond donors (Lipinski definition) is 1. The van der Waals surface area contributed by atoms with Gasteiger partial charge in [-0.1, -0.05) is 11.8 Å². The van der Waals surface area contributed by atoms with Crippen molar-refractivity contribution in [3.63, 3.8) is 0 Å². The SMILES string of the molecule is CCOC(=O)CSc1nnc(N)n1C(C)C(=O)N1CCCC1. The number of nitrogens with two attached hydrogens (primary N) is 1. The fraction of sp³-hybridized carbons (Fsp3) is 0.692. The highest BCUT2D eigenvalue weighted by molar-refractivity contribution is 7.99. The van der Waals surface area contributed by atoms with Crippen LogP contribution >= 0.6 is 11.8 Å². The predicted molar refractivity (Wildman–Crippen MR) is 82.3 cm³/mol. The van der Waals surface area contributed by atoms with Crippen molar-refractivity contribution in [2.45, 2.75) is 37.9 Å². The Morgan fingerprint density at radius 1 is 1.36 bits per heavy atom. The van der Waals surface area contributed by atoms with E-state index in [-0.39, 0.29) is 23.6 Å². The lowest BCUT2D eigenvalue weighted by molar-refractivity contribution is -0.139. The second-order valence-corrected chi connectivity index (χ2v) is 5.96. The first kappa shape index (κ1) is 16.6. The molecule has 1 aliphatic heterocycles. The highest BCUT2D eigenvalue weighted by Gasteiger charge is 2.28. The third-order valence-electron chi connectivity index (χ3n) is 3.48. The summed E-state index contributed by atoms with van der Waals surface area (Å²) in [7, 11) is 0. The van der Waals surface area contributed by atoms with Crippen LogP contribution in [0.15, 0.2) is 5.16 Å². The van der Waals surface area contributed by atoms with Crippen molar-refractivity contribution in [3.8, 4) is 0 Å². The third kappa shape index (κ3) is 3.70. The van der Waals surface area contributed by atoms with Crippen molar-refractivity contribution >= 4 is 29.6 Å². The van der Waals surface area contributed by atoms with E-state index in [1.54, 1.807) is 18.4 Å². The molecule has 0 aliphatic carbocycles. The van der Waals surface area contributed by atoms with Crippen molar-refractivity contribution in [3.05, 3.63) is 0 Å². The molecule has 2 rings (SSSR count). The van der Waals surface area contributed by atoms with Gasteiger partial charge in [0.25, 0.3) is 0 Å². The van der Waals surface area contributed by atoms with E-state index in [0.717, 1.165) is 25.9 Å². The molecule has 1 aromatic rings. The second-order valence-electron chi connectivity index (χ2n) is 5.01. The summed E-state index contributed by atoms with van der Waals surface area (Å²) in [6.45, 7) is 5.40. The Bertz CT molecular complexity index is 542. The number of carbonyl (C=O) groups is 2.